The van der Waals surface area contributed by atoms with Gasteiger partial charge in [-0.3, -0.25) is 4.79 Å². The average molecular weight is 451 g/mol. The molecule has 3 aromatic rings. The first-order valence-corrected chi connectivity index (χ1v) is 10.4. The van der Waals surface area contributed by atoms with Crippen molar-refractivity contribution in [3.63, 3.8) is 0 Å². The Morgan fingerprint density at radius 2 is 1.69 bits per heavy atom. The molecule has 0 unspecified atom stereocenters. The number of carbonyl (C=O) groups is 2. The number of nitrogens with one attached hydrogen (secondary N) is 1. The fraction of sp³-hybridized carbons (Fsp3) is 0.160. The molecule has 3 aromatic carbocycles. The van der Waals surface area contributed by atoms with Gasteiger partial charge in [-0.05, 0) is 74.4 Å². The summed E-state index contributed by atoms with van der Waals surface area (Å²) in [6, 6.07) is 17.3. The van der Waals surface area contributed by atoms with Gasteiger partial charge in [0.25, 0.3) is 5.91 Å². The molecule has 0 fully saturated rings. The van der Waals surface area contributed by atoms with Crippen LogP contribution < -0.4 is 14.9 Å². The lowest BCUT2D eigenvalue weighted by Gasteiger charge is -2.11. The Kier molecular flexibility index (Phi) is 7.63. The number of ether oxygens (including phenoxy) is 2. The van der Waals surface area contributed by atoms with Gasteiger partial charge in [0.15, 0.2) is 11.5 Å². The van der Waals surface area contributed by atoms with Crippen LogP contribution in [0.5, 0.6) is 11.5 Å². The average Bonchev–Trinajstić information content (AvgIpc) is 2.76. The van der Waals surface area contributed by atoms with E-state index in [1.807, 2.05) is 32.9 Å². The van der Waals surface area contributed by atoms with Crippen LogP contribution in [0.1, 0.15) is 44.3 Å². The van der Waals surface area contributed by atoms with E-state index in [0.717, 1.165) is 11.1 Å². The molecule has 32 heavy (non-hydrogen) atoms. The summed E-state index contributed by atoms with van der Waals surface area (Å²) < 4.78 is 11.1. The molecular weight excluding hydrogens is 428 g/mol. The number of aryl methyl sites for hydroxylation is 2. The van der Waals surface area contributed by atoms with Crippen molar-refractivity contribution in [2.45, 2.75) is 20.8 Å². The van der Waals surface area contributed by atoms with Crippen molar-refractivity contribution in [2.75, 3.05) is 6.61 Å². The second-order valence-corrected chi connectivity index (χ2v) is 7.48. The summed E-state index contributed by atoms with van der Waals surface area (Å²) in [7, 11) is 0. The monoisotopic (exact) mass is 450 g/mol. The Labute approximate surface area is 191 Å². The molecule has 0 spiro atoms. The highest BCUT2D eigenvalue weighted by Crippen LogP contribution is 2.29. The molecule has 0 saturated heterocycles. The maximum absolute atomic E-state index is 12.4. The van der Waals surface area contributed by atoms with E-state index >= 15 is 0 Å². The zero-order valence-corrected chi connectivity index (χ0v) is 18.8. The van der Waals surface area contributed by atoms with E-state index in [-0.39, 0.29) is 0 Å². The van der Waals surface area contributed by atoms with E-state index in [1.54, 1.807) is 48.5 Å². The second kappa shape index (κ2) is 10.6. The van der Waals surface area contributed by atoms with E-state index in [0.29, 0.717) is 39.8 Å². The van der Waals surface area contributed by atoms with Gasteiger partial charge in [-0.2, -0.15) is 5.10 Å². The van der Waals surface area contributed by atoms with Gasteiger partial charge in [-0.15, -0.1) is 0 Å². The zero-order valence-electron chi connectivity index (χ0n) is 18.0. The summed E-state index contributed by atoms with van der Waals surface area (Å²) in [5.41, 5.74) is 5.90. The maximum Gasteiger partial charge on any atom is 0.343 e. The highest BCUT2D eigenvalue weighted by molar-refractivity contribution is 6.33. The molecular formula is C25H23ClN2O4. The van der Waals surface area contributed by atoms with E-state index in [2.05, 4.69) is 10.5 Å². The smallest absolute Gasteiger partial charge is 0.343 e. The van der Waals surface area contributed by atoms with Gasteiger partial charge in [-0.25, -0.2) is 10.2 Å². The van der Waals surface area contributed by atoms with Crippen LogP contribution in [0.3, 0.4) is 0 Å². The molecule has 0 aliphatic rings. The van der Waals surface area contributed by atoms with Gasteiger partial charge in [0, 0.05) is 0 Å². The molecule has 1 N–H and O–H groups in total. The number of esters is 1. The molecule has 0 radical (unpaired) electrons. The number of hydrogen-bond acceptors (Lipinski definition) is 5. The molecule has 3 rings (SSSR count). The van der Waals surface area contributed by atoms with Crippen molar-refractivity contribution in [2.24, 2.45) is 5.10 Å². The van der Waals surface area contributed by atoms with Crippen LogP contribution in [0.15, 0.2) is 65.8 Å². The van der Waals surface area contributed by atoms with E-state index in [1.165, 1.54) is 6.21 Å². The molecule has 0 aliphatic carbocycles. The third-order valence-corrected chi connectivity index (χ3v) is 4.82. The van der Waals surface area contributed by atoms with E-state index < -0.39 is 11.9 Å². The lowest BCUT2D eigenvalue weighted by atomic mass is 10.1. The number of benzene rings is 3. The first-order chi connectivity index (χ1) is 15.4. The minimum absolute atomic E-state index is 0.296. The Bertz CT molecular complexity index is 1160. The summed E-state index contributed by atoms with van der Waals surface area (Å²) in [5.74, 6) is -0.204. The van der Waals surface area contributed by atoms with Gasteiger partial charge in [-0.1, -0.05) is 35.4 Å². The van der Waals surface area contributed by atoms with Crippen LogP contribution >= 0.6 is 11.6 Å². The number of nitrogens with zero attached hydrogens (tertiary/aromatic N) is 1. The summed E-state index contributed by atoms with van der Waals surface area (Å²) in [5, 5.41) is 4.34. The molecule has 0 bridgehead atoms. The van der Waals surface area contributed by atoms with Crippen molar-refractivity contribution in [3.05, 3.63) is 93.5 Å². The fourth-order valence-electron chi connectivity index (χ4n) is 2.84. The molecule has 0 heterocycles. The second-order valence-electron chi connectivity index (χ2n) is 7.08. The van der Waals surface area contributed by atoms with Crippen LogP contribution in [-0.2, 0) is 0 Å². The predicted molar refractivity (Wildman–Crippen MR) is 125 cm³/mol. The number of carbonyl (C=O) groups excluding carboxylic acids is 2. The van der Waals surface area contributed by atoms with Gasteiger partial charge in [0.1, 0.15) is 0 Å². The van der Waals surface area contributed by atoms with Crippen molar-refractivity contribution in [3.8, 4) is 11.5 Å². The third-order valence-electron chi connectivity index (χ3n) is 4.51. The van der Waals surface area contributed by atoms with Crippen LogP contribution in [0.25, 0.3) is 0 Å². The molecule has 0 aromatic heterocycles. The predicted octanol–water partition coefficient (Wildman–Crippen LogP) is 5.34. The zero-order chi connectivity index (χ0) is 23.1. The molecule has 7 heteroatoms. The molecule has 0 aliphatic heterocycles. The highest BCUT2D eigenvalue weighted by atomic mass is 35.5. The van der Waals surface area contributed by atoms with Crippen molar-refractivity contribution < 1.29 is 19.1 Å². The summed E-state index contributed by atoms with van der Waals surface area (Å²) >= 11 is 6.12. The molecule has 164 valence electrons. The SMILES string of the molecule is CCOc1cc(/C=N\NC(=O)c2ccc(C)cc2Cl)ccc1OC(=O)c1ccc(C)cc1. The number of hydrazone groups is 1. The van der Waals surface area contributed by atoms with Crippen LogP contribution in [0.2, 0.25) is 5.02 Å². The number of amides is 1. The Morgan fingerprint density at radius 1 is 0.969 bits per heavy atom. The van der Waals surface area contributed by atoms with Gasteiger partial charge in [0.2, 0.25) is 0 Å². The molecule has 0 saturated carbocycles. The quantitative estimate of drug-likeness (QED) is 0.228. The van der Waals surface area contributed by atoms with Gasteiger partial charge in [0.05, 0.1) is 29.0 Å². The minimum Gasteiger partial charge on any atom is -0.490 e. The summed E-state index contributed by atoms with van der Waals surface area (Å²) in [4.78, 5) is 24.7. The Morgan fingerprint density at radius 3 is 2.38 bits per heavy atom. The van der Waals surface area contributed by atoms with E-state index in [4.69, 9.17) is 21.1 Å². The lowest BCUT2D eigenvalue weighted by molar-refractivity contribution is 0.0728. The minimum atomic E-state index is -0.477. The summed E-state index contributed by atoms with van der Waals surface area (Å²) in [6.07, 6.45) is 1.47. The molecule has 1 amide bonds. The lowest BCUT2D eigenvalue weighted by Crippen LogP contribution is -2.18. The van der Waals surface area contributed by atoms with Crippen LogP contribution in [-0.4, -0.2) is 24.7 Å². The molecule has 6 nitrogen and oxygen atoms in total. The first-order valence-electron chi connectivity index (χ1n) is 10.0. The van der Waals surface area contributed by atoms with E-state index in [9.17, 15) is 9.59 Å². The highest BCUT2D eigenvalue weighted by Gasteiger charge is 2.13. The fourth-order valence-corrected chi connectivity index (χ4v) is 3.16. The summed E-state index contributed by atoms with van der Waals surface area (Å²) in [6.45, 7) is 6.06. The Hall–Kier alpha value is -3.64. The van der Waals surface area contributed by atoms with Gasteiger partial charge < -0.3 is 9.47 Å². The van der Waals surface area contributed by atoms with Crippen molar-refractivity contribution >= 4 is 29.7 Å². The van der Waals surface area contributed by atoms with Crippen molar-refractivity contribution in [1.29, 1.82) is 0 Å². The van der Waals surface area contributed by atoms with Crippen LogP contribution in [0.4, 0.5) is 0 Å². The number of hydrogen-bond donors (Lipinski definition) is 1. The molecule has 0 atom stereocenters. The van der Waals surface area contributed by atoms with Gasteiger partial charge >= 0.3 is 5.97 Å². The number of rotatable bonds is 7. The maximum atomic E-state index is 12.4. The topological polar surface area (TPSA) is 77.0 Å². The third kappa shape index (κ3) is 5.95. The largest absolute Gasteiger partial charge is 0.490 e. The van der Waals surface area contributed by atoms with Crippen molar-refractivity contribution in [1.82, 2.24) is 5.43 Å². The first kappa shape index (κ1) is 23.0. The standard InChI is InChI=1S/C25H23ClN2O4/c1-4-31-23-14-18(15-27-28-24(29)20-11-7-17(3)13-21(20)26)8-12-22(23)32-25(30)19-9-5-16(2)6-10-19/h5-15H,4H2,1-3H3,(H,28,29)/b27-15-. The van der Waals surface area contributed by atoms with Crippen LogP contribution in [0, 0.1) is 13.8 Å². The number of halogens is 1. The Balaban J connectivity index is 1.71. The normalized spacial score (nSPS) is 10.8.